The van der Waals surface area contributed by atoms with E-state index in [-0.39, 0.29) is 5.91 Å². The van der Waals surface area contributed by atoms with Crippen LogP contribution in [0.15, 0.2) is 84.9 Å². The van der Waals surface area contributed by atoms with Gasteiger partial charge in [0.2, 0.25) is 5.91 Å². The Morgan fingerprint density at radius 3 is 1.50 bits per heavy atom. The van der Waals surface area contributed by atoms with Crippen LogP contribution < -0.4 is 10.6 Å². The van der Waals surface area contributed by atoms with E-state index in [1.807, 2.05) is 79.8 Å². The fourth-order valence-corrected chi connectivity index (χ4v) is 4.02. The highest BCUT2D eigenvalue weighted by molar-refractivity contribution is 5.87. The van der Waals surface area contributed by atoms with E-state index >= 15 is 0 Å². The molecular formula is C33H30N10O. The smallest absolute Gasteiger partial charge is 0.222 e. The molecule has 0 aliphatic rings. The SMILES string of the molecule is CC(=O)Nc1cccc(C#CCCn2nc3ccccc3n2)n1.CNc1cccc(C#CCCn2nc3ccccc3n2)n1. The van der Waals surface area contributed by atoms with Gasteiger partial charge < -0.3 is 10.6 Å². The summed E-state index contributed by atoms with van der Waals surface area (Å²) in [4.78, 5) is 23.0. The molecule has 0 radical (unpaired) electrons. The van der Waals surface area contributed by atoms with Crippen LogP contribution in [0.1, 0.15) is 31.2 Å². The Kier molecular flexibility index (Phi) is 9.84. The number of carbonyl (C=O) groups excluding carboxylic acids is 1. The normalized spacial score (nSPS) is 10.1. The average molecular weight is 583 g/mol. The lowest BCUT2D eigenvalue weighted by Gasteiger charge is -2.00. The van der Waals surface area contributed by atoms with Crippen molar-refractivity contribution in [2.45, 2.75) is 32.9 Å². The molecule has 6 rings (SSSR count). The monoisotopic (exact) mass is 582 g/mol. The number of hydrogen-bond donors (Lipinski definition) is 2. The summed E-state index contributed by atoms with van der Waals surface area (Å²) < 4.78 is 0. The van der Waals surface area contributed by atoms with Gasteiger partial charge in [0.05, 0.1) is 13.1 Å². The van der Waals surface area contributed by atoms with Crippen molar-refractivity contribution in [1.82, 2.24) is 40.0 Å². The molecule has 0 aliphatic heterocycles. The Labute approximate surface area is 254 Å². The maximum absolute atomic E-state index is 11.0. The van der Waals surface area contributed by atoms with Crippen LogP contribution in [0.25, 0.3) is 22.1 Å². The molecule has 11 heteroatoms. The van der Waals surface area contributed by atoms with Crippen molar-refractivity contribution in [2.24, 2.45) is 0 Å². The molecule has 6 aromatic rings. The summed E-state index contributed by atoms with van der Waals surface area (Å²) in [5, 5.41) is 23.2. The van der Waals surface area contributed by atoms with E-state index in [1.54, 1.807) is 21.7 Å². The second-order valence-corrected chi connectivity index (χ2v) is 9.42. The van der Waals surface area contributed by atoms with Crippen LogP contribution in [0.5, 0.6) is 0 Å². The molecule has 0 aliphatic carbocycles. The second kappa shape index (κ2) is 14.7. The Balaban J connectivity index is 0.000000175. The number of aryl methyl sites for hydroxylation is 2. The zero-order valence-corrected chi connectivity index (χ0v) is 24.4. The molecule has 4 aromatic heterocycles. The molecule has 11 nitrogen and oxygen atoms in total. The quantitative estimate of drug-likeness (QED) is 0.274. The molecule has 0 atom stereocenters. The summed E-state index contributed by atoms with van der Waals surface area (Å²) in [5.74, 6) is 13.4. The van der Waals surface area contributed by atoms with Crippen molar-refractivity contribution in [3.8, 4) is 23.7 Å². The Morgan fingerprint density at radius 1 is 0.636 bits per heavy atom. The van der Waals surface area contributed by atoms with Crippen molar-refractivity contribution in [1.29, 1.82) is 0 Å². The third kappa shape index (κ3) is 8.47. The lowest BCUT2D eigenvalue weighted by atomic mass is 10.3. The van der Waals surface area contributed by atoms with Gasteiger partial charge >= 0.3 is 0 Å². The highest BCUT2D eigenvalue weighted by Gasteiger charge is 2.01. The van der Waals surface area contributed by atoms with Crippen LogP contribution in [0, 0.1) is 23.7 Å². The molecule has 2 aromatic carbocycles. The standard InChI is InChI=1S/C17H15N5O.C16H15N5/c1-13(23)18-17-11-6-8-14(19-17)7-4-5-12-22-20-15-9-2-3-10-16(15)21-22;1-17-16-11-6-8-13(18-16)7-4-5-12-21-19-14-9-2-3-10-15(14)20-21/h2-3,6,8-11H,5,12H2,1H3,(H,18,19,23);2-3,6,8-11H,5,12H2,1H3,(H,17,18). The summed E-state index contributed by atoms with van der Waals surface area (Å²) in [7, 11) is 1.84. The number of amides is 1. The van der Waals surface area contributed by atoms with E-state index < -0.39 is 0 Å². The zero-order valence-electron chi connectivity index (χ0n) is 24.4. The molecule has 44 heavy (non-hydrogen) atoms. The van der Waals surface area contributed by atoms with E-state index in [0.29, 0.717) is 37.4 Å². The fraction of sp³-hybridized carbons (Fsp3) is 0.182. The number of hydrogen-bond acceptors (Lipinski definition) is 8. The maximum Gasteiger partial charge on any atom is 0.222 e. The van der Waals surface area contributed by atoms with Gasteiger partial charge in [0.15, 0.2) is 0 Å². The van der Waals surface area contributed by atoms with E-state index in [9.17, 15) is 4.79 Å². The first kappa shape index (κ1) is 29.4. The number of fused-ring (bicyclic) bond motifs is 2. The third-order valence-corrected chi connectivity index (χ3v) is 6.02. The van der Waals surface area contributed by atoms with Crippen LogP contribution in [0.2, 0.25) is 0 Å². The first-order valence-corrected chi connectivity index (χ1v) is 14.0. The van der Waals surface area contributed by atoms with Crippen LogP contribution in [0.3, 0.4) is 0 Å². The Bertz CT molecular complexity index is 1940. The molecule has 0 saturated carbocycles. The predicted molar refractivity (Wildman–Crippen MR) is 170 cm³/mol. The molecule has 0 fully saturated rings. The van der Waals surface area contributed by atoms with Crippen molar-refractivity contribution in [2.75, 3.05) is 17.7 Å². The fourth-order valence-electron chi connectivity index (χ4n) is 4.02. The number of nitrogens with zero attached hydrogens (tertiary/aromatic N) is 8. The maximum atomic E-state index is 11.0. The van der Waals surface area contributed by atoms with Gasteiger partial charge in [-0.3, -0.25) is 4.79 Å². The number of rotatable bonds is 6. The molecule has 0 saturated heterocycles. The summed E-state index contributed by atoms with van der Waals surface area (Å²) in [6.45, 7) is 2.74. The number of nitrogens with one attached hydrogen (secondary N) is 2. The third-order valence-electron chi connectivity index (χ3n) is 6.02. The first-order valence-electron chi connectivity index (χ1n) is 14.0. The largest absolute Gasteiger partial charge is 0.373 e. The predicted octanol–water partition coefficient (Wildman–Crippen LogP) is 4.54. The molecule has 0 bridgehead atoms. The Morgan fingerprint density at radius 2 is 1.07 bits per heavy atom. The lowest BCUT2D eigenvalue weighted by Crippen LogP contribution is -2.07. The van der Waals surface area contributed by atoms with Gasteiger partial charge in [0.1, 0.15) is 45.1 Å². The Hall–Kier alpha value is -6.07. The van der Waals surface area contributed by atoms with Crippen molar-refractivity contribution in [3.63, 3.8) is 0 Å². The minimum Gasteiger partial charge on any atom is -0.373 e. The molecule has 4 heterocycles. The first-order chi connectivity index (χ1) is 21.6. The van der Waals surface area contributed by atoms with Gasteiger partial charge in [-0.1, -0.05) is 48.2 Å². The summed E-state index contributed by atoms with van der Waals surface area (Å²) in [5.41, 5.74) is 4.97. The van der Waals surface area contributed by atoms with Crippen molar-refractivity contribution in [3.05, 3.63) is 96.3 Å². The number of pyridine rings is 2. The number of carbonyl (C=O) groups is 1. The van der Waals surface area contributed by atoms with Crippen LogP contribution in [-0.4, -0.2) is 52.9 Å². The van der Waals surface area contributed by atoms with Crippen molar-refractivity contribution < 1.29 is 4.79 Å². The van der Waals surface area contributed by atoms with Gasteiger partial charge in [-0.2, -0.15) is 30.0 Å². The average Bonchev–Trinajstić information content (AvgIpc) is 3.65. The van der Waals surface area contributed by atoms with E-state index in [1.165, 1.54) is 6.92 Å². The van der Waals surface area contributed by atoms with E-state index in [2.05, 4.69) is 64.7 Å². The second-order valence-electron chi connectivity index (χ2n) is 9.42. The highest BCUT2D eigenvalue weighted by Crippen LogP contribution is 2.09. The summed E-state index contributed by atoms with van der Waals surface area (Å²) >= 11 is 0. The minimum atomic E-state index is -0.153. The highest BCUT2D eigenvalue weighted by atomic mass is 16.1. The molecule has 0 spiro atoms. The van der Waals surface area contributed by atoms with Crippen LogP contribution in [-0.2, 0) is 17.9 Å². The van der Waals surface area contributed by atoms with Gasteiger partial charge in [-0.05, 0) is 60.4 Å². The summed E-state index contributed by atoms with van der Waals surface area (Å²) in [6.07, 6.45) is 1.31. The molecule has 2 N–H and O–H groups in total. The van der Waals surface area contributed by atoms with E-state index in [0.717, 1.165) is 33.6 Å². The minimum absolute atomic E-state index is 0.153. The van der Waals surface area contributed by atoms with Crippen molar-refractivity contribution >= 4 is 39.6 Å². The van der Waals surface area contributed by atoms with E-state index in [4.69, 9.17) is 0 Å². The molecule has 1 amide bonds. The summed E-state index contributed by atoms with van der Waals surface area (Å²) in [6, 6.07) is 26.7. The number of anilines is 2. The molecule has 0 unspecified atom stereocenters. The van der Waals surface area contributed by atoms with Gasteiger partial charge in [0.25, 0.3) is 0 Å². The van der Waals surface area contributed by atoms with Gasteiger partial charge in [0, 0.05) is 26.8 Å². The molecular weight excluding hydrogens is 552 g/mol. The van der Waals surface area contributed by atoms with Gasteiger partial charge in [-0.25, -0.2) is 9.97 Å². The number of aromatic nitrogens is 8. The van der Waals surface area contributed by atoms with Crippen LogP contribution in [0.4, 0.5) is 11.6 Å². The number of benzene rings is 2. The van der Waals surface area contributed by atoms with Gasteiger partial charge in [-0.15, -0.1) is 0 Å². The van der Waals surface area contributed by atoms with Crippen LogP contribution >= 0.6 is 0 Å². The lowest BCUT2D eigenvalue weighted by molar-refractivity contribution is -0.114. The topological polar surface area (TPSA) is 128 Å². The molecule has 218 valence electrons. The zero-order chi connectivity index (χ0) is 30.6.